The van der Waals surface area contributed by atoms with Crippen LogP contribution in [0, 0.1) is 11.6 Å². The van der Waals surface area contributed by atoms with E-state index in [0.717, 1.165) is 17.9 Å². The van der Waals surface area contributed by atoms with Crippen LogP contribution in [0.2, 0.25) is 0 Å². The Morgan fingerprint density at radius 2 is 2.00 bits per heavy atom. The van der Waals surface area contributed by atoms with Gasteiger partial charge in [0, 0.05) is 12.6 Å². The van der Waals surface area contributed by atoms with Crippen LogP contribution >= 0.6 is 0 Å². The number of nitrogens with zero attached hydrogens (tertiary/aromatic N) is 1. The Morgan fingerprint density at radius 1 is 1.36 bits per heavy atom. The van der Waals surface area contributed by atoms with Crippen LogP contribution < -0.4 is 10.2 Å². The predicted octanol–water partition coefficient (Wildman–Crippen LogP) is 2.65. The maximum Gasteiger partial charge on any atom is 0.798 e. The summed E-state index contributed by atoms with van der Waals surface area (Å²) in [6, 6.07) is -0.374. The van der Waals surface area contributed by atoms with Gasteiger partial charge in [-0.25, -0.2) is 22.2 Å². The van der Waals surface area contributed by atoms with E-state index in [4.69, 9.17) is 4.74 Å². The van der Waals surface area contributed by atoms with Crippen molar-refractivity contribution in [1.82, 2.24) is 4.57 Å². The van der Waals surface area contributed by atoms with Gasteiger partial charge in [0.25, 0.3) is 0 Å². The van der Waals surface area contributed by atoms with E-state index in [0.29, 0.717) is 6.07 Å². The van der Waals surface area contributed by atoms with E-state index in [2.05, 4.69) is 4.65 Å². The molecule has 1 aliphatic rings. The first kappa shape index (κ1) is 17.2. The number of carbonyl (C=O) groups is 1. The highest BCUT2D eigenvalue weighted by atomic mass is 19.2. The SMILES string of the molecule is COc1c(F)c(F)cc2c(=O)c(C(=O)OB(F)F)cn(C3C[C@@H]3F)c12. The molecule has 1 aromatic carbocycles. The third kappa shape index (κ3) is 2.83. The summed E-state index contributed by atoms with van der Waals surface area (Å²) >= 11 is 0. The zero-order chi connectivity index (χ0) is 18.5. The largest absolute Gasteiger partial charge is 0.798 e. The van der Waals surface area contributed by atoms with E-state index in [1.165, 1.54) is 0 Å². The minimum atomic E-state index is -3.48. The third-order valence-corrected chi connectivity index (χ3v) is 3.82. The Balaban J connectivity index is 2.36. The van der Waals surface area contributed by atoms with Crippen molar-refractivity contribution < 1.29 is 36.0 Å². The molecular weight excluding hydrogens is 352 g/mol. The fourth-order valence-corrected chi connectivity index (χ4v) is 2.61. The van der Waals surface area contributed by atoms with Gasteiger partial charge in [-0.05, 0) is 6.07 Å². The average Bonchev–Trinajstić information content (AvgIpc) is 3.25. The highest BCUT2D eigenvalue weighted by molar-refractivity contribution is 6.38. The summed E-state index contributed by atoms with van der Waals surface area (Å²) in [6.45, 7) is 0. The molecular formula is C14H9BF5NO4. The number of alkyl halides is 1. The van der Waals surface area contributed by atoms with Gasteiger partial charge < -0.3 is 14.0 Å². The Labute approximate surface area is 137 Å². The quantitative estimate of drug-likeness (QED) is 0.621. The maximum absolute atomic E-state index is 14.0. The average molecular weight is 361 g/mol. The molecule has 1 aromatic heterocycles. The number of halogens is 5. The molecule has 0 spiro atoms. The number of ether oxygens (including phenoxy) is 1. The first-order valence-corrected chi connectivity index (χ1v) is 7.00. The highest BCUT2D eigenvalue weighted by Crippen LogP contribution is 2.43. The second-order valence-electron chi connectivity index (χ2n) is 5.37. The van der Waals surface area contributed by atoms with E-state index >= 15 is 0 Å². The van der Waals surface area contributed by atoms with E-state index in [1.54, 1.807) is 0 Å². The van der Waals surface area contributed by atoms with Crippen LogP contribution in [0.15, 0.2) is 17.1 Å². The van der Waals surface area contributed by atoms with E-state index in [1.807, 2.05) is 0 Å². The molecule has 3 rings (SSSR count). The zero-order valence-corrected chi connectivity index (χ0v) is 12.6. The summed E-state index contributed by atoms with van der Waals surface area (Å²) in [6.07, 6.45) is -0.578. The van der Waals surface area contributed by atoms with Gasteiger partial charge in [-0.15, -0.1) is 0 Å². The molecule has 25 heavy (non-hydrogen) atoms. The maximum atomic E-state index is 14.0. The number of rotatable bonds is 4. The van der Waals surface area contributed by atoms with E-state index in [9.17, 15) is 31.4 Å². The minimum Gasteiger partial charge on any atom is -0.491 e. The summed E-state index contributed by atoms with van der Waals surface area (Å²) in [7, 11) is -2.46. The van der Waals surface area contributed by atoms with Crippen LogP contribution in [0.5, 0.6) is 5.75 Å². The number of hydrogen-bond donors (Lipinski definition) is 0. The van der Waals surface area contributed by atoms with Crippen molar-refractivity contribution in [3.63, 3.8) is 0 Å². The summed E-state index contributed by atoms with van der Waals surface area (Å²) < 4.78 is 75.1. The van der Waals surface area contributed by atoms with Crippen molar-refractivity contribution in [1.29, 1.82) is 0 Å². The summed E-state index contributed by atoms with van der Waals surface area (Å²) in [4.78, 5) is 24.1. The van der Waals surface area contributed by atoms with Crippen LogP contribution in [-0.4, -0.2) is 31.3 Å². The van der Waals surface area contributed by atoms with Crippen molar-refractivity contribution in [2.75, 3.05) is 7.11 Å². The lowest BCUT2D eigenvalue weighted by Gasteiger charge is -2.16. The normalized spacial score (nSPS) is 19.0. The lowest BCUT2D eigenvalue weighted by Crippen LogP contribution is -2.24. The molecule has 2 atom stereocenters. The van der Waals surface area contributed by atoms with Gasteiger partial charge in [-0.3, -0.25) is 4.79 Å². The summed E-state index contributed by atoms with van der Waals surface area (Å²) in [5.74, 6) is -5.16. The minimum absolute atomic E-state index is 0.0105. The molecule has 0 bridgehead atoms. The van der Waals surface area contributed by atoms with Crippen molar-refractivity contribution >= 4 is 24.3 Å². The fraction of sp³-hybridized carbons (Fsp3) is 0.286. The fourth-order valence-electron chi connectivity index (χ4n) is 2.61. The van der Waals surface area contributed by atoms with Crippen molar-refractivity contribution in [3.8, 4) is 5.75 Å². The molecule has 0 aliphatic heterocycles. The number of carbonyl (C=O) groups excluding carboxylic acids is 1. The molecule has 5 nitrogen and oxygen atoms in total. The predicted molar refractivity (Wildman–Crippen MR) is 76.6 cm³/mol. The Bertz CT molecular complexity index is 932. The Morgan fingerprint density at radius 3 is 2.52 bits per heavy atom. The number of pyridine rings is 1. The van der Waals surface area contributed by atoms with Crippen molar-refractivity contribution in [2.24, 2.45) is 0 Å². The molecule has 1 saturated carbocycles. The first-order chi connectivity index (χ1) is 11.8. The number of aromatic nitrogens is 1. The van der Waals surface area contributed by atoms with E-state index < -0.39 is 59.4 Å². The van der Waals surface area contributed by atoms with Gasteiger partial charge in [-0.2, -0.15) is 4.39 Å². The van der Waals surface area contributed by atoms with Crippen LogP contribution in [0.1, 0.15) is 22.8 Å². The van der Waals surface area contributed by atoms with Crippen molar-refractivity contribution in [3.05, 3.63) is 39.7 Å². The highest BCUT2D eigenvalue weighted by Gasteiger charge is 2.41. The van der Waals surface area contributed by atoms with Gasteiger partial charge >= 0.3 is 13.4 Å². The number of hydrogen-bond acceptors (Lipinski definition) is 4. The molecule has 2 aromatic rings. The summed E-state index contributed by atoms with van der Waals surface area (Å²) in [5, 5.41) is -0.515. The Hall–Kier alpha value is -2.59. The van der Waals surface area contributed by atoms with Gasteiger partial charge in [0.05, 0.1) is 24.1 Å². The molecule has 1 unspecified atom stereocenters. The smallest absolute Gasteiger partial charge is 0.491 e. The number of benzene rings is 1. The van der Waals surface area contributed by atoms with E-state index in [-0.39, 0.29) is 11.9 Å². The van der Waals surface area contributed by atoms with Crippen LogP contribution in [0.25, 0.3) is 10.9 Å². The second kappa shape index (κ2) is 6.05. The standard InChI is InChI=1S/C14H9BF5NO4/c1-24-13-10(18)8(17)2-5-11(13)21(9-3-7(9)16)4-6(12(5)22)14(23)25-15(19)20/h2,4,7,9H,3H2,1H3/t7-,9?/m0/s1. The molecule has 0 saturated heterocycles. The van der Waals surface area contributed by atoms with Crippen LogP contribution in [-0.2, 0) is 4.65 Å². The van der Waals surface area contributed by atoms with Crippen molar-refractivity contribution in [2.45, 2.75) is 18.6 Å². The molecule has 0 radical (unpaired) electrons. The number of methoxy groups -OCH3 is 1. The molecule has 1 heterocycles. The Kier molecular flexibility index (Phi) is 4.17. The first-order valence-electron chi connectivity index (χ1n) is 7.00. The van der Waals surface area contributed by atoms with Gasteiger partial charge in [0.2, 0.25) is 11.2 Å². The third-order valence-electron chi connectivity index (χ3n) is 3.82. The van der Waals surface area contributed by atoms with Gasteiger partial charge in [-0.1, -0.05) is 0 Å². The molecule has 0 amide bonds. The van der Waals surface area contributed by atoms with Crippen LogP contribution in [0.3, 0.4) is 0 Å². The molecule has 0 N–H and O–H groups in total. The topological polar surface area (TPSA) is 57.5 Å². The molecule has 1 fully saturated rings. The van der Waals surface area contributed by atoms with Gasteiger partial charge in [0.15, 0.2) is 11.6 Å². The lowest BCUT2D eigenvalue weighted by atomic mass is 10.1. The molecule has 11 heteroatoms. The molecule has 132 valence electrons. The van der Waals surface area contributed by atoms with Crippen LogP contribution in [0.4, 0.5) is 21.8 Å². The second-order valence-corrected chi connectivity index (χ2v) is 5.37. The zero-order valence-electron chi connectivity index (χ0n) is 12.6. The monoisotopic (exact) mass is 361 g/mol. The van der Waals surface area contributed by atoms with Gasteiger partial charge in [0.1, 0.15) is 11.7 Å². The summed E-state index contributed by atoms with van der Waals surface area (Å²) in [5.41, 5.74) is -2.28. The lowest BCUT2D eigenvalue weighted by molar-refractivity contribution is 0.0693. The molecule has 1 aliphatic carbocycles. The number of fused-ring (bicyclic) bond motifs is 1.